The van der Waals surface area contributed by atoms with Gasteiger partial charge in [0.15, 0.2) is 0 Å². The quantitative estimate of drug-likeness (QED) is 0.539. The molecule has 2 aromatic carbocycles. The molecule has 0 radical (unpaired) electrons. The monoisotopic (exact) mass is 322 g/mol. The number of thioether (sulfide) groups is 1. The summed E-state index contributed by atoms with van der Waals surface area (Å²) in [5.41, 5.74) is 1.88. The molecule has 0 saturated heterocycles. The van der Waals surface area contributed by atoms with Gasteiger partial charge in [-0.15, -0.1) is 0 Å². The summed E-state index contributed by atoms with van der Waals surface area (Å²) in [6, 6.07) is 17.4. The van der Waals surface area contributed by atoms with Gasteiger partial charge in [-0.25, -0.2) is 0 Å². The van der Waals surface area contributed by atoms with Gasteiger partial charge in [-0.2, -0.15) is 4.98 Å². The van der Waals surface area contributed by atoms with Gasteiger partial charge >= 0.3 is 0 Å². The molecule has 4 nitrogen and oxygen atoms in total. The molecule has 0 atom stereocenters. The fraction of sp³-hybridized carbons (Fsp3) is 0.111. The van der Waals surface area contributed by atoms with Crippen LogP contribution in [0.5, 0.6) is 5.75 Å². The van der Waals surface area contributed by atoms with E-state index in [2.05, 4.69) is 22.0 Å². The third kappa shape index (κ3) is 4.15. The molecule has 3 aromatic rings. The number of hydrogen-bond donors (Lipinski definition) is 0. The highest BCUT2D eigenvalue weighted by Crippen LogP contribution is 2.22. The van der Waals surface area contributed by atoms with E-state index < -0.39 is 0 Å². The van der Waals surface area contributed by atoms with Crippen molar-refractivity contribution in [2.24, 2.45) is 0 Å². The van der Waals surface area contributed by atoms with Gasteiger partial charge in [0.05, 0.1) is 12.9 Å². The number of methoxy groups -OCH3 is 1. The SMILES string of the molecule is COc1ccc(-c2noc(SCC#Cc3ccccc3)n2)cc1. The van der Waals surface area contributed by atoms with E-state index in [4.69, 9.17) is 9.26 Å². The van der Waals surface area contributed by atoms with Crippen LogP contribution in [0.2, 0.25) is 0 Å². The van der Waals surface area contributed by atoms with Crippen LogP contribution < -0.4 is 4.74 Å². The first-order valence-electron chi connectivity index (χ1n) is 7.00. The van der Waals surface area contributed by atoms with Crippen LogP contribution in [0.3, 0.4) is 0 Å². The highest BCUT2D eigenvalue weighted by Gasteiger charge is 2.08. The number of benzene rings is 2. The van der Waals surface area contributed by atoms with Crippen molar-refractivity contribution in [1.29, 1.82) is 0 Å². The largest absolute Gasteiger partial charge is 0.497 e. The zero-order valence-electron chi connectivity index (χ0n) is 12.5. The molecule has 0 aliphatic rings. The van der Waals surface area contributed by atoms with Crippen LogP contribution in [0.15, 0.2) is 64.3 Å². The summed E-state index contributed by atoms with van der Waals surface area (Å²) in [6.45, 7) is 0. The van der Waals surface area contributed by atoms with Gasteiger partial charge in [-0.1, -0.05) is 47.0 Å². The summed E-state index contributed by atoms with van der Waals surface area (Å²) in [6.07, 6.45) is 0. The second-order valence-corrected chi connectivity index (χ2v) is 5.50. The van der Waals surface area contributed by atoms with E-state index in [0.29, 0.717) is 16.8 Å². The van der Waals surface area contributed by atoms with Crippen molar-refractivity contribution in [3.8, 4) is 29.0 Å². The van der Waals surface area contributed by atoms with Gasteiger partial charge in [0.2, 0.25) is 5.82 Å². The minimum Gasteiger partial charge on any atom is -0.497 e. The Labute approximate surface area is 138 Å². The molecule has 0 unspecified atom stereocenters. The van der Waals surface area contributed by atoms with Crippen molar-refractivity contribution < 1.29 is 9.26 Å². The van der Waals surface area contributed by atoms with Gasteiger partial charge in [0.25, 0.3) is 5.22 Å². The van der Waals surface area contributed by atoms with Crippen LogP contribution in [-0.4, -0.2) is 23.0 Å². The summed E-state index contributed by atoms with van der Waals surface area (Å²) in [7, 11) is 1.63. The Morgan fingerprint density at radius 2 is 1.87 bits per heavy atom. The molecule has 0 aliphatic heterocycles. The van der Waals surface area contributed by atoms with E-state index in [1.807, 2.05) is 54.6 Å². The van der Waals surface area contributed by atoms with E-state index in [-0.39, 0.29) is 0 Å². The Hall–Kier alpha value is -2.71. The first-order valence-corrected chi connectivity index (χ1v) is 7.98. The summed E-state index contributed by atoms with van der Waals surface area (Å²) < 4.78 is 10.4. The molecule has 0 fully saturated rings. The summed E-state index contributed by atoms with van der Waals surface area (Å²) in [5, 5.41) is 4.50. The normalized spacial score (nSPS) is 9.96. The molecule has 0 amide bonds. The van der Waals surface area contributed by atoms with Crippen LogP contribution in [0.25, 0.3) is 11.4 Å². The molecule has 0 bridgehead atoms. The first-order chi connectivity index (χ1) is 11.3. The second kappa shape index (κ2) is 7.52. The van der Waals surface area contributed by atoms with E-state index >= 15 is 0 Å². The lowest BCUT2D eigenvalue weighted by atomic mass is 10.2. The van der Waals surface area contributed by atoms with Gasteiger partial charge in [0, 0.05) is 11.1 Å². The zero-order chi connectivity index (χ0) is 15.9. The van der Waals surface area contributed by atoms with Crippen LogP contribution in [0.4, 0.5) is 0 Å². The highest BCUT2D eigenvalue weighted by molar-refractivity contribution is 7.99. The lowest BCUT2D eigenvalue weighted by Gasteiger charge is -1.98. The van der Waals surface area contributed by atoms with Crippen molar-refractivity contribution in [2.45, 2.75) is 5.22 Å². The molecule has 0 N–H and O–H groups in total. The minimum atomic E-state index is 0.512. The molecule has 0 aliphatic carbocycles. The van der Waals surface area contributed by atoms with Gasteiger partial charge in [-0.3, -0.25) is 0 Å². The molecule has 23 heavy (non-hydrogen) atoms. The van der Waals surface area contributed by atoms with E-state index in [9.17, 15) is 0 Å². The third-order valence-electron chi connectivity index (χ3n) is 3.03. The Balaban J connectivity index is 1.60. The molecular formula is C18H14N2O2S. The Morgan fingerprint density at radius 3 is 2.61 bits per heavy atom. The van der Waals surface area contributed by atoms with Gasteiger partial charge in [-0.05, 0) is 36.4 Å². The van der Waals surface area contributed by atoms with Crippen LogP contribution in [0, 0.1) is 11.8 Å². The number of aromatic nitrogens is 2. The van der Waals surface area contributed by atoms with Crippen LogP contribution in [0.1, 0.15) is 5.56 Å². The average molecular weight is 322 g/mol. The second-order valence-electron chi connectivity index (χ2n) is 4.57. The van der Waals surface area contributed by atoms with Crippen LogP contribution >= 0.6 is 11.8 Å². The maximum absolute atomic E-state index is 5.23. The van der Waals surface area contributed by atoms with Crippen molar-refractivity contribution in [3.05, 3.63) is 60.2 Å². The zero-order valence-corrected chi connectivity index (χ0v) is 13.3. The van der Waals surface area contributed by atoms with Crippen LogP contribution in [-0.2, 0) is 0 Å². The van der Waals surface area contributed by atoms with E-state index in [1.165, 1.54) is 11.8 Å². The molecule has 1 aromatic heterocycles. The number of rotatable bonds is 4. The van der Waals surface area contributed by atoms with Crippen molar-refractivity contribution in [2.75, 3.05) is 12.9 Å². The van der Waals surface area contributed by atoms with Crippen molar-refractivity contribution in [3.63, 3.8) is 0 Å². The van der Waals surface area contributed by atoms with E-state index in [1.54, 1.807) is 7.11 Å². The fourth-order valence-corrected chi connectivity index (χ4v) is 2.39. The summed E-state index contributed by atoms with van der Waals surface area (Å²) in [5.74, 6) is 8.13. The molecule has 114 valence electrons. The Kier molecular flexibility index (Phi) is 4.97. The number of hydrogen-bond acceptors (Lipinski definition) is 5. The predicted molar refractivity (Wildman–Crippen MR) is 90.3 cm³/mol. The molecule has 0 spiro atoms. The lowest BCUT2D eigenvalue weighted by molar-refractivity contribution is 0.341. The maximum atomic E-state index is 5.23. The fourth-order valence-electron chi connectivity index (χ4n) is 1.88. The highest BCUT2D eigenvalue weighted by atomic mass is 32.2. The Morgan fingerprint density at radius 1 is 1.09 bits per heavy atom. The summed E-state index contributed by atoms with van der Waals surface area (Å²) in [4.78, 5) is 4.36. The molecular weight excluding hydrogens is 308 g/mol. The minimum absolute atomic E-state index is 0.512. The molecule has 5 heteroatoms. The van der Waals surface area contributed by atoms with Crippen molar-refractivity contribution in [1.82, 2.24) is 10.1 Å². The molecule has 0 saturated carbocycles. The Bertz CT molecular complexity index is 817. The van der Waals surface area contributed by atoms with E-state index in [0.717, 1.165) is 16.9 Å². The van der Waals surface area contributed by atoms with Gasteiger partial charge < -0.3 is 9.26 Å². The number of ether oxygens (including phenoxy) is 1. The molecule has 1 heterocycles. The van der Waals surface area contributed by atoms with Gasteiger partial charge in [0.1, 0.15) is 5.75 Å². The lowest BCUT2D eigenvalue weighted by Crippen LogP contribution is -1.84. The third-order valence-corrected chi connectivity index (χ3v) is 3.73. The predicted octanol–water partition coefficient (Wildman–Crippen LogP) is 3.89. The average Bonchev–Trinajstić information content (AvgIpc) is 3.09. The van der Waals surface area contributed by atoms with Crippen molar-refractivity contribution >= 4 is 11.8 Å². The topological polar surface area (TPSA) is 48.2 Å². The first kappa shape index (κ1) is 15.2. The molecule has 3 rings (SSSR count). The standard InChI is InChI=1S/C18H14N2O2S/c1-21-16-11-9-15(10-12-16)17-19-18(22-20-17)23-13-5-8-14-6-3-2-4-7-14/h2-4,6-7,9-12H,13H2,1H3. The summed E-state index contributed by atoms with van der Waals surface area (Å²) >= 11 is 1.42. The smallest absolute Gasteiger partial charge is 0.286 e. The number of nitrogens with zero attached hydrogens (tertiary/aromatic N) is 2. The maximum Gasteiger partial charge on any atom is 0.286 e.